The molecule has 1 heterocycles. The fourth-order valence-electron chi connectivity index (χ4n) is 9.05. The van der Waals surface area contributed by atoms with Gasteiger partial charge in [-0.1, -0.05) is 129 Å². The molecular formula is C45H34O. The third-order valence-electron chi connectivity index (χ3n) is 11.2. The van der Waals surface area contributed by atoms with Crippen LogP contribution < -0.4 is 0 Å². The first-order chi connectivity index (χ1) is 22.6. The van der Waals surface area contributed by atoms with Crippen LogP contribution in [0, 0.1) is 5.92 Å². The molecule has 0 saturated heterocycles. The van der Waals surface area contributed by atoms with E-state index in [2.05, 4.69) is 141 Å². The first-order valence-electron chi connectivity index (χ1n) is 16.7. The summed E-state index contributed by atoms with van der Waals surface area (Å²) in [7, 11) is 0. The zero-order valence-electron chi connectivity index (χ0n) is 26.2. The first kappa shape index (κ1) is 26.1. The molecule has 0 N–H and O–H groups in total. The molecule has 1 atom stereocenters. The van der Waals surface area contributed by atoms with Gasteiger partial charge in [0, 0.05) is 16.2 Å². The monoisotopic (exact) mass is 590 g/mol. The van der Waals surface area contributed by atoms with Crippen LogP contribution in [0.2, 0.25) is 0 Å². The molecule has 1 nitrogen and oxygen atoms in total. The minimum absolute atomic E-state index is 0.00247. The van der Waals surface area contributed by atoms with Gasteiger partial charge in [-0.05, 0) is 109 Å². The zero-order chi connectivity index (χ0) is 30.6. The Bertz CT molecular complexity index is 2520. The Labute approximate surface area is 268 Å². The SMILES string of the molecule is CC1(C)c2ccc3c(ccc4c5ccccc5oc34)c2C2=CC=C(c3c4ccccc4c(C4=CC=CCC4)c4ccccc34)CC21. The van der Waals surface area contributed by atoms with Gasteiger partial charge < -0.3 is 4.42 Å². The third kappa shape index (κ3) is 3.46. The number of furan rings is 1. The van der Waals surface area contributed by atoms with Crippen LogP contribution in [0.25, 0.3) is 71.0 Å². The van der Waals surface area contributed by atoms with Crippen LogP contribution in [-0.2, 0) is 5.41 Å². The quantitative estimate of drug-likeness (QED) is 0.183. The molecule has 1 unspecified atom stereocenters. The lowest BCUT2D eigenvalue weighted by Gasteiger charge is -2.32. The standard InChI is InChI=1S/C45H34O/c1-45(2)38-25-24-36-34(22-23-35-29-14-10-11-19-40(29)46-44(35)36)43(38)37-21-20-28(26-39(37)45)42-32-17-8-6-15-30(32)41(27-12-4-3-5-13-27)31-16-7-9-18-33(31)42/h3-4,6-12,14-25,39H,5,13,26H2,1-2H3. The van der Waals surface area contributed by atoms with Crippen molar-refractivity contribution >= 4 is 71.0 Å². The minimum Gasteiger partial charge on any atom is -0.455 e. The van der Waals surface area contributed by atoms with Crippen LogP contribution in [0.3, 0.4) is 0 Å². The van der Waals surface area contributed by atoms with Crippen LogP contribution in [0.5, 0.6) is 0 Å². The summed E-state index contributed by atoms with van der Waals surface area (Å²) in [6.45, 7) is 4.91. The Morgan fingerprint density at radius 2 is 1.15 bits per heavy atom. The first-order valence-corrected chi connectivity index (χ1v) is 16.7. The minimum atomic E-state index is 0.00247. The topological polar surface area (TPSA) is 13.1 Å². The number of fused-ring (bicyclic) bond motifs is 11. The highest BCUT2D eigenvalue weighted by atomic mass is 16.3. The molecule has 7 aromatic rings. The lowest BCUT2D eigenvalue weighted by molar-refractivity contribution is 0.419. The molecule has 1 aromatic heterocycles. The number of hydrogen-bond donors (Lipinski definition) is 0. The normalized spacial score (nSPS) is 18.7. The Morgan fingerprint density at radius 1 is 0.565 bits per heavy atom. The second kappa shape index (κ2) is 9.44. The summed E-state index contributed by atoms with van der Waals surface area (Å²) in [6, 6.07) is 35.9. The molecule has 0 radical (unpaired) electrons. The molecule has 6 aromatic carbocycles. The van der Waals surface area contributed by atoms with Crippen LogP contribution in [0.15, 0.2) is 132 Å². The molecule has 1 heteroatoms. The van der Waals surface area contributed by atoms with Crippen LogP contribution in [0.4, 0.5) is 0 Å². The van der Waals surface area contributed by atoms with Gasteiger partial charge in [0.1, 0.15) is 11.2 Å². The second-order valence-electron chi connectivity index (χ2n) is 13.9. The third-order valence-corrected chi connectivity index (χ3v) is 11.2. The average molecular weight is 591 g/mol. The fourth-order valence-corrected chi connectivity index (χ4v) is 9.05. The molecule has 3 aliphatic carbocycles. The molecule has 220 valence electrons. The van der Waals surface area contributed by atoms with E-state index in [9.17, 15) is 0 Å². The number of rotatable bonds is 2. The van der Waals surface area contributed by atoms with Gasteiger partial charge in [0.05, 0.1) is 0 Å². The van der Waals surface area contributed by atoms with E-state index < -0.39 is 0 Å². The molecular weight excluding hydrogens is 556 g/mol. The molecule has 46 heavy (non-hydrogen) atoms. The molecule has 0 saturated carbocycles. The molecule has 10 rings (SSSR count). The highest BCUT2D eigenvalue weighted by Crippen LogP contribution is 2.58. The van der Waals surface area contributed by atoms with Crippen molar-refractivity contribution in [2.24, 2.45) is 5.92 Å². The van der Waals surface area contributed by atoms with Crippen molar-refractivity contribution in [1.82, 2.24) is 0 Å². The van der Waals surface area contributed by atoms with Gasteiger partial charge in [0.25, 0.3) is 0 Å². The molecule has 0 aliphatic heterocycles. The molecule has 0 bridgehead atoms. The molecule has 0 spiro atoms. The van der Waals surface area contributed by atoms with Gasteiger partial charge in [-0.2, -0.15) is 0 Å². The maximum absolute atomic E-state index is 6.48. The van der Waals surface area contributed by atoms with Gasteiger partial charge in [0.15, 0.2) is 0 Å². The number of para-hydroxylation sites is 1. The maximum Gasteiger partial charge on any atom is 0.143 e. The summed E-state index contributed by atoms with van der Waals surface area (Å²) in [5, 5.41) is 10.3. The van der Waals surface area contributed by atoms with Crippen molar-refractivity contribution in [3.05, 3.63) is 150 Å². The van der Waals surface area contributed by atoms with Crippen LogP contribution in [0.1, 0.15) is 55.4 Å². The molecule has 3 aliphatic rings. The Morgan fingerprint density at radius 3 is 1.85 bits per heavy atom. The number of allylic oxidation sites excluding steroid dienone is 8. The largest absolute Gasteiger partial charge is 0.455 e. The van der Waals surface area contributed by atoms with Gasteiger partial charge >= 0.3 is 0 Å². The van der Waals surface area contributed by atoms with Crippen molar-refractivity contribution in [1.29, 1.82) is 0 Å². The summed E-state index contributed by atoms with van der Waals surface area (Å²) < 4.78 is 6.48. The van der Waals surface area contributed by atoms with E-state index in [1.807, 2.05) is 0 Å². The second-order valence-corrected chi connectivity index (χ2v) is 13.9. The molecule has 0 fully saturated rings. The summed E-state index contributed by atoms with van der Waals surface area (Å²) in [5.74, 6) is 0.392. The van der Waals surface area contributed by atoms with Crippen molar-refractivity contribution in [2.45, 2.75) is 38.5 Å². The predicted octanol–water partition coefficient (Wildman–Crippen LogP) is 12.6. The summed E-state index contributed by atoms with van der Waals surface area (Å²) >= 11 is 0. The highest BCUT2D eigenvalue weighted by molar-refractivity contribution is 6.19. The summed E-state index contributed by atoms with van der Waals surface area (Å²) in [4.78, 5) is 0. The maximum atomic E-state index is 6.48. The smallest absolute Gasteiger partial charge is 0.143 e. The van der Waals surface area contributed by atoms with E-state index in [1.165, 1.54) is 82.1 Å². The van der Waals surface area contributed by atoms with E-state index in [0.717, 1.165) is 30.4 Å². The average Bonchev–Trinajstić information content (AvgIpc) is 3.59. The number of hydrogen-bond acceptors (Lipinski definition) is 1. The lowest BCUT2D eigenvalue weighted by Crippen LogP contribution is -2.25. The van der Waals surface area contributed by atoms with E-state index in [0.29, 0.717) is 5.92 Å². The van der Waals surface area contributed by atoms with Crippen molar-refractivity contribution in [2.75, 3.05) is 0 Å². The zero-order valence-corrected chi connectivity index (χ0v) is 26.2. The highest BCUT2D eigenvalue weighted by Gasteiger charge is 2.45. The van der Waals surface area contributed by atoms with E-state index in [-0.39, 0.29) is 5.41 Å². The summed E-state index contributed by atoms with van der Waals surface area (Å²) in [5.41, 5.74) is 12.0. The van der Waals surface area contributed by atoms with E-state index >= 15 is 0 Å². The van der Waals surface area contributed by atoms with Crippen molar-refractivity contribution < 1.29 is 4.42 Å². The van der Waals surface area contributed by atoms with Crippen molar-refractivity contribution in [3.63, 3.8) is 0 Å². The van der Waals surface area contributed by atoms with Gasteiger partial charge in [-0.3, -0.25) is 0 Å². The Balaban J connectivity index is 1.20. The Hall–Kier alpha value is -5.14. The fraction of sp³-hybridized carbons (Fsp3) is 0.156. The van der Waals surface area contributed by atoms with Gasteiger partial charge in [0.2, 0.25) is 0 Å². The summed E-state index contributed by atoms with van der Waals surface area (Å²) in [6.07, 6.45) is 14.9. The van der Waals surface area contributed by atoms with Crippen LogP contribution >= 0.6 is 0 Å². The van der Waals surface area contributed by atoms with Crippen LogP contribution in [-0.4, -0.2) is 0 Å². The molecule has 0 amide bonds. The predicted molar refractivity (Wildman–Crippen MR) is 196 cm³/mol. The van der Waals surface area contributed by atoms with E-state index in [4.69, 9.17) is 4.42 Å². The van der Waals surface area contributed by atoms with Crippen molar-refractivity contribution in [3.8, 4) is 0 Å². The Kier molecular flexibility index (Phi) is 5.36. The number of benzene rings is 6. The van der Waals surface area contributed by atoms with Gasteiger partial charge in [-0.25, -0.2) is 0 Å². The van der Waals surface area contributed by atoms with E-state index in [1.54, 1.807) is 0 Å². The lowest BCUT2D eigenvalue weighted by atomic mass is 9.71. The van der Waals surface area contributed by atoms with Gasteiger partial charge in [-0.15, -0.1) is 0 Å².